The van der Waals surface area contributed by atoms with Gasteiger partial charge in [-0.1, -0.05) is 48.5 Å². The number of nitrogens with one attached hydrogen (secondary N) is 1. The van der Waals surface area contributed by atoms with Gasteiger partial charge in [-0.2, -0.15) is 0 Å². The van der Waals surface area contributed by atoms with E-state index < -0.39 is 0 Å². The summed E-state index contributed by atoms with van der Waals surface area (Å²) in [5, 5.41) is 5.14. The molecular formula is C21H21NOS. The Bertz CT molecular complexity index is 763. The Kier molecular flexibility index (Phi) is 5.44. The van der Waals surface area contributed by atoms with Crippen molar-refractivity contribution in [1.82, 2.24) is 5.32 Å². The van der Waals surface area contributed by atoms with Crippen LogP contribution in [0.3, 0.4) is 0 Å². The van der Waals surface area contributed by atoms with Gasteiger partial charge in [0.25, 0.3) is 5.91 Å². The lowest BCUT2D eigenvalue weighted by Gasteiger charge is -2.14. The predicted molar refractivity (Wildman–Crippen MR) is 101 cm³/mol. The summed E-state index contributed by atoms with van der Waals surface area (Å²) in [5.74, 6) is -0.00621. The van der Waals surface area contributed by atoms with Gasteiger partial charge in [0.15, 0.2) is 0 Å². The average Bonchev–Trinajstić information content (AvgIpc) is 3.16. The number of benzene rings is 2. The molecule has 0 aliphatic rings. The normalized spacial score (nSPS) is 11.9. The van der Waals surface area contributed by atoms with Crippen molar-refractivity contribution in [3.05, 3.63) is 83.2 Å². The van der Waals surface area contributed by atoms with E-state index in [1.165, 1.54) is 10.4 Å². The van der Waals surface area contributed by atoms with E-state index in [0.717, 1.165) is 18.4 Å². The van der Waals surface area contributed by atoms with E-state index in [1.54, 1.807) is 11.3 Å². The summed E-state index contributed by atoms with van der Waals surface area (Å²) in [6.07, 6.45) is 1.91. The average molecular weight is 335 g/mol. The van der Waals surface area contributed by atoms with Crippen molar-refractivity contribution in [2.75, 3.05) is 0 Å². The van der Waals surface area contributed by atoms with Gasteiger partial charge in [0.2, 0.25) is 0 Å². The Hall–Kier alpha value is -2.39. The summed E-state index contributed by atoms with van der Waals surface area (Å²) in [7, 11) is 0. The molecule has 0 aliphatic carbocycles. The molecule has 2 nitrogen and oxygen atoms in total. The molecule has 0 radical (unpaired) electrons. The van der Waals surface area contributed by atoms with E-state index in [1.807, 2.05) is 48.5 Å². The van der Waals surface area contributed by atoms with Gasteiger partial charge in [0.1, 0.15) is 0 Å². The molecular weight excluding hydrogens is 314 g/mol. The second kappa shape index (κ2) is 7.93. The monoisotopic (exact) mass is 335 g/mol. The Morgan fingerprint density at radius 2 is 1.75 bits per heavy atom. The fourth-order valence-electron chi connectivity index (χ4n) is 2.64. The molecule has 1 atom stereocenters. The summed E-state index contributed by atoms with van der Waals surface area (Å²) in [4.78, 5) is 13.6. The molecule has 0 saturated heterocycles. The minimum atomic E-state index is -0.00621. The maximum Gasteiger partial charge on any atom is 0.251 e. The molecule has 3 heteroatoms. The SMILES string of the molecule is CC(CCc1ccccc1)NC(=O)c1ccc(-c2cccs2)cc1. The summed E-state index contributed by atoms with van der Waals surface area (Å²) >= 11 is 1.70. The van der Waals surface area contributed by atoms with Crippen LogP contribution in [-0.4, -0.2) is 11.9 Å². The largest absolute Gasteiger partial charge is 0.350 e. The van der Waals surface area contributed by atoms with Crippen LogP contribution in [0.1, 0.15) is 29.3 Å². The molecule has 24 heavy (non-hydrogen) atoms. The highest BCUT2D eigenvalue weighted by Crippen LogP contribution is 2.24. The first kappa shape index (κ1) is 16.5. The highest BCUT2D eigenvalue weighted by atomic mass is 32.1. The Balaban J connectivity index is 1.54. The lowest BCUT2D eigenvalue weighted by atomic mass is 10.1. The van der Waals surface area contributed by atoms with Crippen LogP contribution in [0, 0.1) is 0 Å². The lowest BCUT2D eigenvalue weighted by molar-refractivity contribution is 0.0938. The summed E-state index contributed by atoms with van der Waals surface area (Å²) < 4.78 is 0. The molecule has 3 aromatic rings. The highest BCUT2D eigenvalue weighted by Gasteiger charge is 2.10. The minimum absolute atomic E-state index is 0.00621. The molecule has 1 unspecified atom stereocenters. The molecule has 0 spiro atoms. The molecule has 0 saturated carbocycles. The van der Waals surface area contributed by atoms with E-state index in [0.29, 0.717) is 5.56 Å². The minimum Gasteiger partial charge on any atom is -0.350 e. The summed E-state index contributed by atoms with van der Waals surface area (Å²) in [6, 6.07) is 22.5. The van der Waals surface area contributed by atoms with Crippen molar-refractivity contribution in [3.8, 4) is 10.4 Å². The first-order valence-corrected chi connectivity index (χ1v) is 9.09. The lowest BCUT2D eigenvalue weighted by Crippen LogP contribution is -2.32. The molecule has 0 aliphatic heterocycles. The van der Waals surface area contributed by atoms with E-state index in [2.05, 4.69) is 35.8 Å². The predicted octanol–water partition coefficient (Wildman–Crippen LogP) is 5.17. The number of aryl methyl sites for hydroxylation is 1. The first-order chi connectivity index (χ1) is 11.7. The van der Waals surface area contributed by atoms with Gasteiger partial charge in [-0.15, -0.1) is 11.3 Å². The topological polar surface area (TPSA) is 29.1 Å². The maximum atomic E-state index is 12.4. The van der Waals surface area contributed by atoms with Crippen LogP contribution in [0.4, 0.5) is 0 Å². The van der Waals surface area contributed by atoms with Crippen LogP contribution in [0.15, 0.2) is 72.1 Å². The fraction of sp³-hybridized carbons (Fsp3) is 0.190. The second-order valence-corrected chi connectivity index (χ2v) is 6.90. The van der Waals surface area contributed by atoms with Crippen molar-refractivity contribution in [1.29, 1.82) is 0 Å². The molecule has 0 bridgehead atoms. The number of hydrogen-bond donors (Lipinski definition) is 1. The van der Waals surface area contributed by atoms with E-state index in [-0.39, 0.29) is 11.9 Å². The number of carbonyl (C=O) groups excluding carboxylic acids is 1. The number of hydrogen-bond acceptors (Lipinski definition) is 2. The van der Waals surface area contributed by atoms with Crippen molar-refractivity contribution < 1.29 is 4.79 Å². The van der Waals surface area contributed by atoms with Crippen LogP contribution >= 0.6 is 11.3 Å². The van der Waals surface area contributed by atoms with Crippen molar-refractivity contribution in [3.63, 3.8) is 0 Å². The van der Waals surface area contributed by atoms with E-state index in [9.17, 15) is 4.79 Å². The number of rotatable bonds is 6. The summed E-state index contributed by atoms with van der Waals surface area (Å²) in [5.41, 5.74) is 3.17. The van der Waals surface area contributed by atoms with Gasteiger partial charge in [-0.3, -0.25) is 4.79 Å². The Morgan fingerprint density at radius 3 is 2.42 bits per heavy atom. The number of thiophene rings is 1. The van der Waals surface area contributed by atoms with Gasteiger partial charge in [-0.25, -0.2) is 0 Å². The fourth-order valence-corrected chi connectivity index (χ4v) is 3.37. The van der Waals surface area contributed by atoms with Crippen LogP contribution < -0.4 is 5.32 Å². The Morgan fingerprint density at radius 1 is 1.00 bits per heavy atom. The van der Waals surface area contributed by atoms with Crippen LogP contribution in [0.25, 0.3) is 10.4 Å². The van der Waals surface area contributed by atoms with E-state index in [4.69, 9.17) is 0 Å². The number of amides is 1. The molecule has 122 valence electrons. The second-order valence-electron chi connectivity index (χ2n) is 5.95. The third-order valence-corrected chi connectivity index (χ3v) is 4.96. The molecule has 2 aromatic carbocycles. The quantitative estimate of drug-likeness (QED) is 0.662. The highest BCUT2D eigenvalue weighted by molar-refractivity contribution is 7.13. The van der Waals surface area contributed by atoms with Gasteiger partial charge in [0.05, 0.1) is 0 Å². The Labute approximate surface area is 147 Å². The van der Waals surface area contributed by atoms with Gasteiger partial charge < -0.3 is 5.32 Å². The van der Waals surface area contributed by atoms with Crippen molar-refractivity contribution >= 4 is 17.2 Å². The zero-order valence-electron chi connectivity index (χ0n) is 13.7. The van der Waals surface area contributed by atoms with Crippen LogP contribution in [0.5, 0.6) is 0 Å². The van der Waals surface area contributed by atoms with Crippen molar-refractivity contribution in [2.45, 2.75) is 25.8 Å². The standard InChI is InChI=1S/C21H21NOS/c1-16(9-10-17-6-3-2-4-7-17)22-21(23)19-13-11-18(12-14-19)20-8-5-15-24-20/h2-8,11-16H,9-10H2,1H3,(H,22,23). The number of carbonyl (C=O) groups is 1. The maximum absolute atomic E-state index is 12.4. The third kappa shape index (κ3) is 4.33. The van der Waals surface area contributed by atoms with Crippen LogP contribution in [-0.2, 0) is 6.42 Å². The molecule has 1 heterocycles. The zero-order valence-corrected chi connectivity index (χ0v) is 14.6. The van der Waals surface area contributed by atoms with Gasteiger partial charge in [-0.05, 0) is 54.5 Å². The van der Waals surface area contributed by atoms with Crippen molar-refractivity contribution in [2.24, 2.45) is 0 Å². The first-order valence-electron chi connectivity index (χ1n) is 8.21. The molecule has 0 fully saturated rings. The molecule has 1 N–H and O–H groups in total. The van der Waals surface area contributed by atoms with Gasteiger partial charge >= 0.3 is 0 Å². The zero-order chi connectivity index (χ0) is 16.8. The third-order valence-electron chi connectivity index (χ3n) is 4.04. The summed E-state index contributed by atoms with van der Waals surface area (Å²) in [6.45, 7) is 2.06. The van der Waals surface area contributed by atoms with Gasteiger partial charge in [0, 0.05) is 16.5 Å². The smallest absolute Gasteiger partial charge is 0.251 e. The van der Waals surface area contributed by atoms with E-state index >= 15 is 0 Å². The van der Waals surface area contributed by atoms with Crippen LogP contribution in [0.2, 0.25) is 0 Å². The molecule has 1 aromatic heterocycles. The molecule has 3 rings (SSSR count). The molecule has 1 amide bonds.